The highest BCUT2D eigenvalue weighted by Crippen LogP contribution is 2.26. The Bertz CT molecular complexity index is 406. The molecule has 1 aliphatic carbocycles. The van der Waals surface area contributed by atoms with Crippen LogP contribution in [0.1, 0.15) is 41.8 Å². The second kappa shape index (κ2) is 5.73. The van der Waals surface area contributed by atoms with Crippen molar-refractivity contribution in [3.05, 3.63) is 11.1 Å². The van der Waals surface area contributed by atoms with Gasteiger partial charge in [0, 0.05) is 0 Å². The van der Waals surface area contributed by atoms with Crippen molar-refractivity contribution in [1.29, 1.82) is 5.26 Å². The van der Waals surface area contributed by atoms with Gasteiger partial charge in [0.15, 0.2) is 0 Å². The van der Waals surface area contributed by atoms with Crippen LogP contribution in [0.4, 0.5) is 0 Å². The molecule has 5 nitrogen and oxygen atoms in total. The molecule has 6 heteroatoms. The Morgan fingerprint density at radius 1 is 1.53 bits per heavy atom. The number of aromatic nitrogens is 2. The molecule has 0 aromatic carbocycles. The van der Waals surface area contributed by atoms with Crippen molar-refractivity contribution >= 4 is 17.4 Å². The maximum Gasteiger partial charge on any atom is 0.265 e. The quantitative estimate of drug-likeness (QED) is 0.886. The SMILES string of the molecule is N#CC(NC(=O)c1cnns1)C1CCCCC1. The summed E-state index contributed by atoms with van der Waals surface area (Å²) < 4.78 is 3.64. The van der Waals surface area contributed by atoms with Crippen LogP contribution in [-0.2, 0) is 0 Å². The molecule has 17 heavy (non-hydrogen) atoms. The Morgan fingerprint density at radius 3 is 2.88 bits per heavy atom. The number of hydrogen-bond donors (Lipinski definition) is 1. The van der Waals surface area contributed by atoms with Crippen LogP contribution < -0.4 is 5.32 Å². The summed E-state index contributed by atoms with van der Waals surface area (Å²) in [5.41, 5.74) is 0. The van der Waals surface area contributed by atoms with E-state index in [1.165, 1.54) is 12.6 Å². The molecule has 1 aromatic heterocycles. The first kappa shape index (κ1) is 12.0. The molecule has 90 valence electrons. The predicted octanol–water partition coefficient (Wildman–Crippen LogP) is 1.74. The Morgan fingerprint density at radius 2 is 2.29 bits per heavy atom. The number of carbonyl (C=O) groups excluding carboxylic acids is 1. The smallest absolute Gasteiger partial charge is 0.265 e. The molecule has 2 rings (SSSR count). The molecule has 1 saturated carbocycles. The monoisotopic (exact) mass is 250 g/mol. The fourth-order valence-electron chi connectivity index (χ4n) is 2.20. The van der Waals surface area contributed by atoms with Gasteiger partial charge < -0.3 is 5.32 Å². The number of hydrogen-bond acceptors (Lipinski definition) is 5. The highest BCUT2D eigenvalue weighted by molar-refractivity contribution is 7.07. The second-order valence-electron chi connectivity index (χ2n) is 4.26. The summed E-state index contributed by atoms with van der Waals surface area (Å²) in [6.07, 6.45) is 7.03. The molecule has 1 N–H and O–H groups in total. The van der Waals surface area contributed by atoms with Crippen LogP contribution in [0.2, 0.25) is 0 Å². The van der Waals surface area contributed by atoms with Crippen LogP contribution in [0.3, 0.4) is 0 Å². The van der Waals surface area contributed by atoms with E-state index in [0.29, 0.717) is 10.8 Å². The fraction of sp³-hybridized carbons (Fsp3) is 0.636. The van der Waals surface area contributed by atoms with Crippen molar-refractivity contribution in [3.8, 4) is 6.07 Å². The Labute approximate surface area is 104 Å². The zero-order chi connectivity index (χ0) is 12.1. The van der Waals surface area contributed by atoms with E-state index in [2.05, 4.69) is 21.0 Å². The number of amides is 1. The van der Waals surface area contributed by atoms with Crippen molar-refractivity contribution in [2.75, 3.05) is 0 Å². The summed E-state index contributed by atoms with van der Waals surface area (Å²) in [7, 11) is 0. The molecule has 0 aliphatic heterocycles. The van der Waals surface area contributed by atoms with Crippen molar-refractivity contribution in [3.63, 3.8) is 0 Å². The molecule has 0 radical (unpaired) electrons. The predicted molar refractivity (Wildman–Crippen MR) is 63.4 cm³/mol. The minimum atomic E-state index is -0.384. The molecule has 1 aliphatic rings. The molecule has 0 spiro atoms. The lowest BCUT2D eigenvalue weighted by Crippen LogP contribution is -2.39. The average Bonchev–Trinajstić information content (AvgIpc) is 2.90. The average molecular weight is 250 g/mol. The lowest BCUT2D eigenvalue weighted by Gasteiger charge is -2.26. The largest absolute Gasteiger partial charge is 0.335 e. The molecule has 0 bridgehead atoms. The summed E-state index contributed by atoms with van der Waals surface area (Å²) >= 11 is 1.05. The van der Waals surface area contributed by atoms with Gasteiger partial charge in [0.2, 0.25) is 0 Å². The number of rotatable bonds is 3. The van der Waals surface area contributed by atoms with Crippen LogP contribution in [0.25, 0.3) is 0 Å². The molecule has 1 unspecified atom stereocenters. The maximum atomic E-state index is 11.8. The van der Waals surface area contributed by atoms with Crippen molar-refractivity contribution < 1.29 is 4.79 Å². The van der Waals surface area contributed by atoms with E-state index < -0.39 is 0 Å². The first-order chi connectivity index (χ1) is 8.31. The standard InChI is InChI=1S/C11H14N4OS/c12-6-9(8-4-2-1-3-5-8)14-11(16)10-7-13-15-17-10/h7-9H,1-5H2,(H,14,16). The van der Waals surface area contributed by atoms with Crippen LogP contribution in [0.15, 0.2) is 6.20 Å². The number of carbonyl (C=O) groups is 1. The second-order valence-corrected chi connectivity index (χ2v) is 5.05. The van der Waals surface area contributed by atoms with Crippen LogP contribution in [-0.4, -0.2) is 21.5 Å². The summed E-state index contributed by atoms with van der Waals surface area (Å²) in [5.74, 6) is 0.0516. The van der Waals surface area contributed by atoms with E-state index in [9.17, 15) is 4.79 Å². The first-order valence-corrected chi connectivity index (χ1v) is 6.56. The van der Waals surface area contributed by atoms with Gasteiger partial charge in [-0.25, -0.2) is 0 Å². The van der Waals surface area contributed by atoms with Gasteiger partial charge in [-0.2, -0.15) is 5.26 Å². The normalized spacial score (nSPS) is 18.3. The van der Waals surface area contributed by atoms with E-state index in [0.717, 1.165) is 37.2 Å². The molecule has 1 fully saturated rings. The summed E-state index contributed by atoms with van der Waals surface area (Å²) in [6, 6.07) is 1.81. The Kier molecular flexibility index (Phi) is 4.04. The number of nitrogens with zero attached hydrogens (tertiary/aromatic N) is 3. The van der Waals surface area contributed by atoms with Gasteiger partial charge in [-0.1, -0.05) is 23.8 Å². The molecule has 0 saturated heterocycles. The Balaban J connectivity index is 1.95. The highest BCUT2D eigenvalue weighted by Gasteiger charge is 2.25. The Hall–Kier alpha value is -1.48. The number of nitrogens with one attached hydrogen (secondary N) is 1. The van der Waals surface area contributed by atoms with Crippen molar-refractivity contribution in [2.45, 2.75) is 38.1 Å². The van der Waals surface area contributed by atoms with Gasteiger partial charge in [-0.15, -0.1) is 5.10 Å². The third kappa shape index (κ3) is 3.01. The zero-order valence-electron chi connectivity index (χ0n) is 9.43. The van der Waals surface area contributed by atoms with Gasteiger partial charge in [0.05, 0.1) is 12.3 Å². The van der Waals surface area contributed by atoms with Gasteiger partial charge in [0.1, 0.15) is 10.9 Å². The van der Waals surface area contributed by atoms with E-state index >= 15 is 0 Å². The van der Waals surface area contributed by atoms with Gasteiger partial charge >= 0.3 is 0 Å². The van der Waals surface area contributed by atoms with Crippen molar-refractivity contribution in [1.82, 2.24) is 14.9 Å². The van der Waals surface area contributed by atoms with Crippen LogP contribution >= 0.6 is 11.5 Å². The minimum absolute atomic E-state index is 0.239. The van der Waals surface area contributed by atoms with Crippen molar-refractivity contribution in [2.24, 2.45) is 5.92 Å². The first-order valence-electron chi connectivity index (χ1n) is 5.79. The maximum absolute atomic E-state index is 11.8. The fourth-order valence-corrected chi connectivity index (χ4v) is 2.62. The topological polar surface area (TPSA) is 78.7 Å². The van der Waals surface area contributed by atoms with E-state index in [1.54, 1.807) is 0 Å². The zero-order valence-corrected chi connectivity index (χ0v) is 10.2. The molecular formula is C11H14N4OS. The highest BCUT2D eigenvalue weighted by atomic mass is 32.1. The van der Waals surface area contributed by atoms with Crippen LogP contribution in [0.5, 0.6) is 0 Å². The lowest BCUT2D eigenvalue weighted by molar-refractivity contribution is 0.0933. The van der Waals surface area contributed by atoms with E-state index in [-0.39, 0.29) is 11.9 Å². The minimum Gasteiger partial charge on any atom is -0.335 e. The summed E-state index contributed by atoms with van der Waals surface area (Å²) in [4.78, 5) is 12.2. The molecule has 1 aromatic rings. The third-order valence-electron chi connectivity index (χ3n) is 3.13. The number of nitriles is 1. The molecule has 1 heterocycles. The summed E-state index contributed by atoms with van der Waals surface area (Å²) in [5, 5.41) is 15.5. The lowest BCUT2D eigenvalue weighted by atomic mass is 9.84. The van der Waals surface area contributed by atoms with E-state index in [4.69, 9.17) is 5.26 Å². The molecule has 1 amide bonds. The van der Waals surface area contributed by atoms with Gasteiger partial charge in [-0.3, -0.25) is 4.79 Å². The van der Waals surface area contributed by atoms with Gasteiger partial charge in [-0.05, 0) is 30.3 Å². The summed E-state index contributed by atoms with van der Waals surface area (Å²) in [6.45, 7) is 0. The van der Waals surface area contributed by atoms with Crippen LogP contribution in [0, 0.1) is 17.2 Å². The third-order valence-corrected chi connectivity index (χ3v) is 3.80. The molecule has 1 atom stereocenters. The van der Waals surface area contributed by atoms with Gasteiger partial charge in [0.25, 0.3) is 5.91 Å². The van der Waals surface area contributed by atoms with E-state index in [1.807, 2.05) is 0 Å². The molecular weight excluding hydrogens is 236 g/mol.